The molecule has 0 N–H and O–H groups in total. The fourth-order valence-corrected chi connectivity index (χ4v) is 3.13. The fourth-order valence-electron chi connectivity index (χ4n) is 2.19. The predicted octanol–water partition coefficient (Wildman–Crippen LogP) is 4.77. The number of benzene rings is 2. The van der Waals surface area contributed by atoms with Crippen LogP contribution in [0.25, 0.3) is 11.3 Å². The number of thiazole rings is 1. The van der Waals surface area contributed by atoms with E-state index in [9.17, 15) is 4.39 Å². The highest BCUT2D eigenvalue weighted by atomic mass is 32.1. The van der Waals surface area contributed by atoms with Crippen LogP contribution in [0.1, 0.15) is 0 Å². The Morgan fingerprint density at radius 3 is 2.50 bits per heavy atom. The normalized spacial score (nSPS) is 11.6. The molecule has 2 aromatic carbocycles. The Hall–Kier alpha value is -2.46. The molecule has 2 nitrogen and oxygen atoms in total. The summed E-state index contributed by atoms with van der Waals surface area (Å²) in [4.78, 5) is 5.58. The van der Waals surface area contributed by atoms with E-state index < -0.39 is 0 Å². The summed E-state index contributed by atoms with van der Waals surface area (Å²) in [6.45, 7) is 4.47. The van der Waals surface area contributed by atoms with Crippen molar-refractivity contribution in [3.8, 4) is 11.3 Å². The molecule has 1 heterocycles. The first kappa shape index (κ1) is 14.5. The molecule has 0 amide bonds. The molecule has 3 rings (SSSR count). The molecule has 0 bridgehead atoms. The number of hydrogen-bond donors (Lipinski definition) is 0. The van der Waals surface area contributed by atoms with Crippen LogP contribution in [0, 0.1) is 5.82 Å². The van der Waals surface area contributed by atoms with Crippen LogP contribution in [0.3, 0.4) is 0 Å². The molecule has 110 valence electrons. The minimum Gasteiger partial charge on any atom is -0.313 e. The van der Waals surface area contributed by atoms with Gasteiger partial charge in [-0.05, 0) is 42.0 Å². The summed E-state index contributed by atoms with van der Waals surface area (Å²) in [5.74, 6) is -0.233. The number of para-hydroxylation sites is 1. The van der Waals surface area contributed by atoms with E-state index in [4.69, 9.17) is 0 Å². The zero-order valence-electron chi connectivity index (χ0n) is 11.9. The maximum Gasteiger partial charge on any atom is 0.190 e. The maximum absolute atomic E-state index is 13.1. The molecule has 0 saturated carbocycles. The molecule has 0 fully saturated rings. The zero-order chi connectivity index (χ0) is 15.4. The summed E-state index contributed by atoms with van der Waals surface area (Å²) in [5.41, 5.74) is 2.89. The van der Waals surface area contributed by atoms with Gasteiger partial charge in [0, 0.05) is 11.9 Å². The lowest BCUT2D eigenvalue weighted by atomic mass is 10.2. The second-order valence-electron chi connectivity index (χ2n) is 4.76. The highest BCUT2D eigenvalue weighted by Crippen LogP contribution is 2.21. The summed E-state index contributed by atoms with van der Waals surface area (Å²) in [7, 11) is 0. The van der Waals surface area contributed by atoms with E-state index in [2.05, 4.69) is 16.1 Å². The molecule has 4 heteroatoms. The van der Waals surface area contributed by atoms with E-state index in [1.807, 2.05) is 41.8 Å². The van der Waals surface area contributed by atoms with Crippen LogP contribution in [0.5, 0.6) is 0 Å². The Balaban J connectivity index is 2.11. The summed E-state index contributed by atoms with van der Waals surface area (Å²) in [6.07, 6.45) is 1.84. The average molecular weight is 310 g/mol. The Morgan fingerprint density at radius 2 is 1.82 bits per heavy atom. The van der Waals surface area contributed by atoms with Gasteiger partial charge in [-0.1, -0.05) is 24.3 Å². The average Bonchev–Trinajstić information content (AvgIpc) is 2.92. The van der Waals surface area contributed by atoms with E-state index in [0.717, 1.165) is 21.7 Å². The molecule has 0 atom stereocenters. The standard InChI is InChI=1S/C18H15FN2S/c1-2-12-21-17(14-8-10-15(19)11-9-14)13-22-18(21)20-16-6-4-3-5-7-16/h2-11,13H,1,12H2. The van der Waals surface area contributed by atoms with Gasteiger partial charge in [-0.2, -0.15) is 0 Å². The van der Waals surface area contributed by atoms with Crippen molar-refractivity contribution in [1.82, 2.24) is 4.57 Å². The van der Waals surface area contributed by atoms with Crippen molar-refractivity contribution < 1.29 is 4.39 Å². The number of hydrogen-bond acceptors (Lipinski definition) is 2. The van der Waals surface area contributed by atoms with Gasteiger partial charge in [0.25, 0.3) is 0 Å². The van der Waals surface area contributed by atoms with Crippen molar-refractivity contribution in [3.63, 3.8) is 0 Å². The van der Waals surface area contributed by atoms with Crippen LogP contribution in [0.2, 0.25) is 0 Å². The maximum atomic E-state index is 13.1. The van der Waals surface area contributed by atoms with Gasteiger partial charge < -0.3 is 4.57 Å². The molecule has 22 heavy (non-hydrogen) atoms. The summed E-state index contributed by atoms with van der Waals surface area (Å²) < 4.78 is 15.2. The van der Waals surface area contributed by atoms with Crippen LogP contribution >= 0.6 is 11.3 Å². The predicted molar refractivity (Wildman–Crippen MR) is 89.6 cm³/mol. The van der Waals surface area contributed by atoms with Gasteiger partial charge >= 0.3 is 0 Å². The highest BCUT2D eigenvalue weighted by Gasteiger charge is 2.07. The van der Waals surface area contributed by atoms with Crippen molar-refractivity contribution >= 4 is 17.0 Å². The van der Waals surface area contributed by atoms with Crippen LogP contribution < -0.4 is 4.80 Å². The molecule has 0 spiro atoms. The molecule has 0 aliphatic carbocycles. The van der Waals surface area contributed by atoms with Crippen molar-refractivity contribution in [2.24, 2.45) is 4.99 Å². The van der Waals surface area contributed by atoms with Gasteiger partial charge in [0.05, 0.1) is 11.4 Å². The number of halogens is 1. The van der Waals surface area contributed by atoms with Crippen molar-refractivity contribution in [2.75, 3.05) is 0 Å². The fraction of sp³-hybridized carbons (Fsp3) is 0.0556. The van der Waals surface area contributed by atoms with Gasteiger partial charge in [-0.25, -0.2) is 9.38 Å². The first-order valence-corrected chi connectivity index (χ1v) is 7.81. The zero-order valence-corrected chi connectivity index (χ0v) is 12.8. The van der Waals surface area contributed by atoms with E-state index in [-0.39, 0.29) is 5.82 Å². The van der Waals surface area contributed by atoms with Crippen LogP contribution in [0.15, 0.2) is 77.6 Å². The third kappa shape index (κ3) is 3.07. The highest BCUT2D eigenvalue weighted by molar-refractivity contribution is 7.07. The van der Waals surface area contributed by atoms with Crippen LogP contribution in [-0.2, 0) is 6.54 Å². The quantitative estimate of drug-likeness (QED) is 0.617. The third-order valence-electron chi connectivity index (χ3n) is 3.23. The first-order valence-electron chi connectivity index (χ1n) is 6.93. The second kappa shape index (κ2) is 6.54. The molecule has 3 aromatic rings. The topological polar surface area (TPSA) is 17.3 Å². The van der Waals surface area contributed by atoms with Crippen LogP contribution in [-0.4, -0.2) is 4.57 Å². The largest absolute Gasteiger partial charge is 0.313 e. The Bertz CT molecular complexity index is 830. The molecule has 1 aromatic heterocycles. The molecule has 0 unspecified atom stereocenters. The van der Waals surface area contributed by atoms with Gasteiger partial charge in [-0.3, -0.25) is 0 Å². The number of nitrogens with zero attached hydrogens (tertiary/aromatic N) is 2. The first-order chi connectivity index (χ1) is 10.8. The summed E-state index contributed by atoms with van der Waals surface area (Å²) >= 11 is 1.56. The Kier molecular flexibility index (Phi) is 4.30. The van der Waals surface area contributed by atoms with Crippen LogP contribution in [0.4, 0.5) is 10.1 Å². The van der Waals surface area contributed by atoms with E-state index >= 15 is 0 Å². The lowest BCUT2D eigenvalue weighted by molar-refractivity contribution is 0.628. The molecule has 0 radical (unpaired) electrons. The molecular weight excluding hydrogens is 295 g/mol. The molecule has 0 aliphatic heterocycles. The van der Waals surface area contributed by atoms with Gasteiger partial charge in [0.15, 0.2) is 4.80 Å². The van der Waals surface area contributed by atoms with E-state index in [1.165, 1.54) is 12.1 Å². The van der Waals surface area contributed by atoms with Crippen molar-refractivity contribution in [2.45, 2.75) is 6.54 Å². The third-order valence-corrected chi connectivity index (χ3v) is 4.09. The lowest BCUT2D eigenvalue weighted by Crippen LogP contribution is -2.14. The molecular formula is C18H15FN2S. The SMILES string of the molecule is C=CCn1c(-c2ccc(F)cc2)csc1=Nc1ccccc1. The number of aromatic nitrogens is 1. The monoisotopic (exact) mass is 310 g/mol. The summed E-state index contributed by atoms with van der Waals surface area (Å²) in [5, 5.41) is 2.04. The van der Waals surface area contributed by atoms with Crippen molar-refractivity contribution in [1.29, 1.82) is 0 Å². The van der Waals surface area contributed by atoms with Gasteiger partial charge in [0.2, 0.25) is 0 Å². The molecule has 0 saturated heterocycles. The van der Waals surface area contributed by atoms with E-state index in [1.54, 1.807) is 23.5 Å². The van der Waals surface area contributed by atoms with Gasteiger partial charge in [-0.15, -0.1) is 17.9 Å². The minimum atomic E-state index is -0.233. The second-order valence-corrected chi connectivity index (χ2v) is 5.59. The van der Waals surface area contributed by atoms with Gasteiger partial charge in [0.1, 0.15) is 5.82 Å². The molecule has 0 aliphatic rings. The number of rotatable bonds is 4. The number of allylic oxidation sites excluding steroid dienone is 1. The minimum absolute atomic E-state index is 0.233. The van der Waals surface area contributed by atoms with Crippen molar-refractivity contribution in [3.05, 3.63) is 83.3 Å². The smallest absolute Gasteiger partial charge is 0.190 e. The lowest BCUT2D eigenvalue weighted by Gasteiger charge is -2.06. The summed E-state index contributed by atoms with van der Waals surface area (Å²) in [6, 6.07) is 16.3. The Morgan fingerprint density at radius 1 is 1.09 bits per heavy atom. The Labute approximate surface area is 132 Å². The van der Waals surface area contributed by atoms with E-state index in [0.29, 0.717) is 6.54 Å².